The third-order valence-electron chi connectivity index (χ3n) is 1.62. The fourth-order valence-corrected chi connectivity index (χ4v) is 0.935. The lowest BCUT2D eigenvalue weighted by Gasteiger charge is -1.93. The molecule has 0 amide bonds. The molecule has 0 rings (SSSR count). The van der Waals surface area contributed by atoms with Crippen molar-refractivity contribution in [3.05, 3.63) is 60.3 Å². The van der Waals surface area contributed by atoms with E-state index in [1.807, 2.05) is 44.2 Å². The van der Waals surface area contributed by atoms with Crippen LogP contribution in [0.1, 0.15) is 13.8 Å². The van der Waals surface area contributed by atoms with Gasteiger partial charge >= 0.3 is 0 Å². The van der Waals surface area contributed by atoms with Crippen molar-refractivity contribution in [3.8, 4) is 0 Å². The second-order valence-electron chi connectivity index (χ2n) is 2.87. The summed E-state index contributed by atoms with van der Waals surface area (Å²) < 4.78 is 0. The second kappa shape index (κ2) is 8.27. The van der Waals surface area contributed by atoms with Crippen LogP contribution in [0.2, 0.25) is 0 Å². The molecular formula is C13H18O. The molecule has 0 aliphatic heterocycles. The van der Waals surface area contributed by atoms with E-state index >= 15 is 0 Å². The van der Waals surface area contributed by atoms with Crippen molar-refractivity contribution in [2.75, 3.05) is 6.61 Å². The first-order valence-electron chi connectivity index (χ1n) is 4.65. The normalized spacial score (nSPS) is 14.2. The molecule has 0 aromatic carbocycles. The fraction of sp³-hybridized carbons (Fsp3) is 0.231. The minimum Gasteiger partial charge on any atom is -0.392 e. The Morgan fingerprint density at radius 1 is 1.29 bits per heavy atom. The van der Waals surface area contributed by atoms with Crippen LogP contribution in [0.25, 0.3) is 0 Å². The van der Waals surface area contributed by atoms with Crippen molar-refractivity contribution in [2.45, 2.75) is 13.8 Å². The molecule has 0 saturated heterocycles. The van der Waals surface area contributed by atoms with Gasteiger partial charge in [-0.3, -0.25) is 0 Å². The van der Waals surface area contributed by atoms with Gasteiger partial charge in [-0.15, -0.1) is 0 Å². The Hall–Kier alpha value is -1.34. The Bertz CT molecular complexity index is 278. The highest BCUT2D eigenvalue weighted by molar-refractivity contribution is 5.36. The van der Waals surface area contributed by atoms with Crippen LogP contribution >= 0.6 is 0 Å². The zero-order chi connectivity index (χ0) is 10.8. The molecule has 0 saturated carbocycles. The lowest BCUT2D eigenvalue weighted by atomic mass is 10.1. The highest BCUT2D eigenvalue weighted by atomic mass is 16.2. The van der Waals surface area contributed by atoms with Gasteiger partial charge in [-0.25, -0.2) is 0 Å². The highest BCUT2D eigenvalue weighted by Crippen LogP contribution is 2.03. The number of hydrogen-bond acceptors (Lipinski definition) is 1. The first kappa shape index (κ1) is 12.7. The molecule has 0 aromatic rings. The third kappa shape index (κ3) is 6.21. The molecule has 14 heavy (non-hydrogen) atoms. The minimum absolute atomic E-state index is 0.0836. The van der Waals surface area contributed by atoms with Crippen molar-refractivity contribution >= 4 is 0 Å². The molecule has 0 fully saturated rings. The highest BCUT2D eigenvalue weighted by Gasteiger charge is 1.84. The number of aliphatic hydroxyl groups is 1. The monoisotopic (exact) mass is 190 g/mol. The summed E-state index contributed by atoms with van der Waals surface area (Å²) >= 11 is 0. The summed E-state index contributed by atoms with van der Waals surface area (Å²) in [4.78, 5) is 0. The molecule has 0 unspecified atom stereocenters. The molecule has 0 atom stereocenters. The van der Waals surface area contributed by atoms with Gasteiger partial charge in [0.15, 0.2) is 0 Å². The van der Waals surface area contributed by atoms with E-state index in [9.17, 15) is 0 Å². The van der Waals surface area contributed by atoms with Crippen molar-refractivity contribution in [1.82, 2.24) is 0 Å². The van der Waals surface area contributed by atoms with Gasteiger partial charge in [0.1, 0.15) is 0 Å². The van der Waals surface area contributed by atoms with Gasteiger partial charge in [0.25, 0.3) is 0 Å². The maximum absolute atomic E-state index is 8.65. The molecule has 76 valence electrons. The van der Waals surface area contributed by atoms with Crippen molar-refractivity contribution < 1.29 is 5.11 Å². The molecule has 0 radical (unpaired) electrons. The van der Waals surface area contributed by atoms with Crippen LogP contribution in [0.15, 0.2) is 60.3 Å². The number of aliphatic hydroxyl groups excluding tert-OH is 1. The minimum atomic E-state index is 0.0836. The number of rotatable bonds is 5. The molecule has 0 heterocycles. The van der Waals surface area contributed by atoms with Crippen LogP contribution in [-0.2, 0) is 0 Å². The maximum Gasteiger partial charge on any atom is 0.0617 e. The lowest BCUT2D eigenvalue weighted by Crippen LogP contribution is -1.76. The van der Waals surface area contributed by atoms with Crippen LogP contribution in [-0.4, -0.2) is 11.7 Å². The maximum atomic E-state index is 8.65. The molecule has 1 nitrogen and oxygen atoms in total. The first-order valence-corrected chi connectivity index (χ1v) is 4.65. The standard InChI is InChI=1S/C13H18O/c1-4-6-13(7-5-2)9-8-12(3)10-11-14/h4-10,14H,1,11H2,2-3H3/b7-5-,9-8-,12-10+,13-6+. The molecule has 0 spiro atoms. The van der Waals surface area contributed by atoms with E-state index in [-0.39, 0.29) is 6.61 Å². The molecule has 0 aliphatic carbocycles. The zero-order valence-corrected chi connectivity index (χ0v) is 8.90. The summed E-state index contributed by atoms with van der Waals surface area (Å²) in [6.45, 7) is 7.66. The lowest BCUT2D eigenvalue weighted by molar-refractivity contribution is 0.342. The summed E-state index contributed by atoms with van der Waals surface area (Å²) in [7, 11) is 0. The van der Waals surface area contributed by atoms with E-state index in [0.29, 0.717) is 0 Å². The number of hydrogen-bond donors (Lipinski definition) is 1. The van der Waals surface area contributed by atoms with Gasteiger partial charge < -0.3 is 5.11 Å². The molecule has 0 aromatic heterocycles. The Kier molecular flexibility index (Phi) is 7.48. The SMILES string of the molecule is C=C/C=C(\C=C/C)/C=C\C(C)=C\CO. The van der Waals surface area contributed by atoms with Crippen LogP contribution in [0.5, 0.6) is 0 Å². The van der Waals surface area contributed by atoms with Gasteiger partial charge in [-0.05, 0) is 19.4 Å². The number of allylic oxidation sites excluding steroid dienone is 8. The van der Waals surface area contributed by atoms with E-state index in [1.54, 1.807) is 12.2 Å². The van der Waals surface area contributed by atoms with Gasteiger partial charge in [0.2, 0.25) is 0 Å². The van der Waals surface area contributed by atoms with E-state index in [2.05, 4.69) is 6.58 Å². The third-order valence-corrected chi connectivity index (χ3v) is 1.62. The van der Waals surface area contributed by atoms with Crippen molar-refractivity contribution in [2.24, 2.45) is 0 Å². The Labute approximate surface area is 86.5 Å². The quantitative estimate of drug-likeness (QED) is 0.660. The van der Waals surface area contributed by atoms with Crippen LogP contribution in [0.4, 0.5) is 0 Å². The van der Waals surface area contributed by atoms with Crippen molar-refractivity contribution in [3.63, 3.8) is 0 Å². The molecule has 1 heteroatoms. The summed E-state index contributed by atoms with van der Waals surface area (Å²) in [6.07, 6.45) is 13.4. The van der Waals surface area contributed by atoms with Gasteiger partial charge in [-0.2, -0.15) is 0 Å². The van der Waals surface area contributed by atoms with Gasteiger partial charge in [0.05, 0.1) is 6.61 Å². The largest absolute Gasteiger partial charge is 0.392 e. The predicted octanol–water partition coefficient (Wildman–Crippen LogP) is 3.17. The van der Waals surface area contributed by atoms with E-state index in [0.717, 1.165) is 11.1 Å². The topological polar surface area (TPSA) is 20.2 Å². The Morgan fingerprint density at radius 3 is 2.50 bits per heavy atom. The first-order chi connectivity index (χ1) is 6.74. The average Bonchev–Trinajstić information content (AvgIpc) is 2.15. The zero-order valence-electron chi connectivity index (χ0n) is 8.90. The summed E-state index contributed by atoms with van der Waals surface area (Å²) in [5.74, 6) is 0. The van der Waals surface area contributed by atoms with E-state index in [1.165, 1.54) is 0 Å². The van der Waals surface area contributed by atoms with Crippen LogP contribution in [0.3, 0.4) is 0 Å². The smallest absolute Gasteiger partial charge is 0.0617 e. The van der Waals surface area contributed by atoms with Crippen molar-refractivity contribution in [1.29, 1.82) is 0 Å². The van der Waals surface area contributed by atoms with Gasteiger partial charge in [0, 0.05) is 0 Å². The van der Waals surface area contributed by atoms with Gasteiger partial charge in [-0.1, -0.05) is 54.7 Å². The summed E-state index contributed by atoms with van der Waals surface area (Å²) in [6, 6.07) is 0. The molecule has 1 N–H and O–H groups in total. The van der Waals surface area contributed by atoms with Crippen LogP contribution < -0.4 is 0 Å². The second-order valence-corrected chi connectivity index (χ2v) is 2.87. The van der Waals surface area contributed by atoms with E-state index < -0.39 is 0 Å². The summed E-state index contributed by atoms with van der Waals surface area (Å²) in [5.41, 5.74) is 2.14. The van der Waals surface area contributed by atoms with E-state index in [4.69, 9.17) is 5.11 Å². The van der Waals surface area contributed by atoms with Crippen LogP contribution in [0, 0.1) is 0 Å². The average molecular weight is 190 g/mol. The molecule has 0 bridgehead atoms. The Morgan fingerprint density at radius 2 is 2.00 bits per heavy atom. The fourth-order valence-electron chi connectivity index (χ4n) is 0.935. The molecular weight excluding hydrogens is 172 g/mol. The Balaban J connectivity index is 4.52. The predicted molar refractivity (Wildman–Crippen MR) is 63.1 cm³/mol. The summed E-state index contributed by atoms with van der Waals surface area (Å²) in [5, 5.41) is 8.65. The molecule has 0 aliphatic rings.